The van der Waals surface area contributed by atoms with Crippen LogP contribution in [0.4, 0.5) is 4.39 Å². The number of carbonyl (C=O) groups excluding carboxylic acids is 1. The summed E-state index contributed by atoms with van der Waals surface area (Å²) in [4.78, 5) is 23.2. The largest absolute Gasteiger partial charge is 0.481 e. The van der Waals surface area contributed by atoms with Crippen molar-refractivity contribution in [1.82, 2.24) is 5.32 Å². The first kappa shape index (κ1) is 16.4. The highest BCUT2D eigenvalue weighted by molar-refractivity contribution is 5.81. The van der Waals surface area contributed by atoms with Crippen molar-refractivity contribution in [2.24, 2.45) is 5.92 Å². The lowest BCUT2D eigenvalue weighted by Crippen LogP contribution is -2.42. The van der Waals surface area contributed by atoms with Gasteiger partial charge in [-0.05, 0) is 43.4 Å². The molecule has 0 aromatic heterocycles. The molecule has 2 unspecified atom stereocenters. The molecule has 120 valence electrons. The third kappa shape index (κ3) is 4.80. The van der Waals surface area contributed by atoms with E-state index in [9.17, 15) is 19.1 Å². The van der Waals surface area contributed by atoms with Gasteiger partial charge in [-0.1, -0.05) is 12.1 Å². The van der Waals surface area contributed by atoms with Crippen LogP contribution >= 0.6 is 0 Å². The van der Waals surface area contributed by atoms with E-state index in [2.05, 4.69) is 5.32 Å². The molecule has 2 atom stereocenters. The van der Waals surface area contributed by atoms with Crippen LogP contribution in [0.5, 0.6) is 0 Å². The molecule has 2 rings (SSSR count). The molecule has 2 N–H and O–H groups in total. The van der Waals surface area contributed by atoms with Gasteiger partial charge in [0.1, 0.15) is 11.9 Å². The van der Waals surface area contributed by atoms with Gasteiger partial charge in [0.15, 0.2) is 0 Å². The van der Waals surface area contributed by atoms with Gasteiger partial charge >= 0.3 is 5.97 Å². The Hall–Kier alpha value is -1.95. The van der Waals surface area contributed by atoms with Crippen LogP contribution in [-0.2, 0) is 20.7 Å². The van der Waals surface area contributed by atoms with Gasteiger partial charge in [0.05, 0.1) is 5.92 Å². The van der Waals surface area contributed by atoms with Crippen LogP contribution in [0.2, 0.25) is 0 Å². The SMILES string of the molecule is O=C(O)C(CNC(=O)C1CCCCO1)Cc1cccc(F)c1. The van der Waals surface area contributed by atoms with Gasteiger partial charge in [0.25, 0.3) is 0 Å². The number of carboxylic acids is 1. The number of nitrogens with one attached hydrogen (secondary N) is 1. The third-order valence-corrected chi connectivity index (χ3v) is 3.72. The molecule has 6 heteroatoms. The summed E-state index contributed by atoms with van der Waals surface area (Å²) in [6, 6.07) is 5.83. The maximum Gasteiger partial charge on any atom is 0.308 e. The smallest absolute Gasteiger partial charge is 0.308 e. The molecule has 5 nitrogen and oxygen atoms in total. The second-order valence-electron chi connectivity index (χ2n) is 5.47. The molecule has 1 fully saturated rings. The maximum atomic E-state index is 13.1. The van der Waals surface area contributed by atoms with Gasteiger partial charge < -0.3 is 15.2 Å². The van der Waals surface area contributed by atoms with Crippen LogP contribution in [-0.4, -0.2) is 36.2 Å². The summed E-state index contributed by atoms with van der Waals surface area (Å²) in [7, 11) is 0. The van der Waals surface area contributed by atoms with Gasteiger partial charge in [-0.2, -0.15) is 0 Å². The molecular formula is C16H20FNO4. The number of carbonyl (C=O) groups is 2. The Morgan fingerprint density at radius 3 is 2.86 bits per heavy atom. The minimum atomic E-state index is -1.02. The molecule has 1 heterocycles. The van der Waals surface area contributed by atoms with E-state index in [1.807, 2.05) is 0 Å². The molecule has 0 spiro atoms. The molecule has 1 aliphatic heterocycles. The normalized spacial score (nSPS) is 19.4. The van der Waals surface area contributed by atoms with Crippen LogP contribution in [0.25, 0.3) is 0 Å². The van der Waals surface area contributed by atoms with Crippen molar-refractivity contribution in [2.75, 3.05) is 13.2 Å². The predicted octanol–water partition coefficient (Wildman–Crippen LogP) is 1.75. The van der Waals surface area contributed by atoms with E-state index >= 15 is 0 Å². The standard InChI is InChI=1S/C16H20FNO4/c17-13-5-3-4-11(9-13)8-12(16(20)21)10-18-15(19)14-6-1-2-7-22-14/h3-5,9,12,14H,1-2,6-8,10H2,(H,18,19)(H,20,21). The number of benzene rings is 1. The molecule has 1 aliphatic rings. The summed E-state index contributed by atoms with van der Waals surface area (Å²) in [5.41, 5.74) is 0.593. The maximum absolute atomic E-state index is 13.1. The summed E-state index contributed by atoms with van der Waals surface area (Å²) in [5.74, 6) is -2.49. The van der Waals surface area contributed by atoms with Gasteiger partial charge in [-0.3, -0.25) is 9.59 Å². The number of aliphatic carboxylic acids is 1. The number of amides is 1. The van der Waals surface area contributed by atoms with Crippen molar-refractivity contribution in [2.45, 2.75) is 31.8 Å². The van der Waals surface area contributed by atoms with Crippen LogP contribution < -0.4 is 5.32 Å². The van der Waals surface area contributed by atoms with Crippen LogP contribution in [0.15, 0.2) is 24.3 Å². The highest BCUT2D eigenvalue weighted by Gasteiger charge is 2.24. The second kappa shape index (κ2) is 7.89. The highest BCUT2D eigenvalue weighted by Crippen LogP contribution is 2.14. The van der Waals surface area contributed by atoms with E-state index < -0.39 is 23.8 Å². The number of hydrogen-bond donors (Lipinski definition) is 2. The zero-order valence-corrected chi connectivity index (χ0v) is 12.3. The zero-order chi connectivity index (χ0) is 15.9. The Balaban J connectivity index is 1.88. The van der Waals surface area contributed by atoms with Gasteiger partial charge in [0, 0.05) is 13.2 Å². The summed E-state index contributed by atoms with van der Waals surface area (Å²) < 4.78 is 18.5. The quantitative estimate of drug-likeness (QED) is 0.839. The molecule has 0 radical (unpaired) electrons. The van der Waals surface area contributed by atoms with Crippen molar-refractivity contribution in [3.63, 3.8) is 0 Å². The van der Waals surface area contributed by atoms with Crippen LogP contribution in [0, 0.1) is 11.7 Å². The van der Waals surface area contributed by atoms with Crippen molar-refractivity contribution in [1.29, 1.82) is 0 Å². The van der Waals surface area contributed by atoms with E-state index in [1.165, 1.54) is 18.2 Å². The van der Waals surface area contributed by atoms with E-state index in [4.69, 9.17) is 4.74 Å². The molecule has 1 amide bonds. The fraction of sp³-hybridized carbons (Fsp3) is 0.500. The third-order valence-electron chi connectivity index (χ3n) is 3.72. The van der Waals surface area contributed by atoms with Gasteiger partial charge in [-0.25, -0.2) is 4.39 Å². The number of halogens is 1. The first-order chi connectivity index (χ1) is 10.6. The lowest BCUT2D eigenvalue weighted by atomic mass is 9.99. The summed E-state index contributed by atoms with van der Waals surface area (Å²) in [5, 5.41) is 11.9. The number of carboxylic acid groups (broad SMARTS) is 1. The van der Waals surface area contributed by atoms with Crippen molar-refractivity contribution >= 4 is 11.9 Å². The first-order valence-electron chi connectivity index (χ1n) is 7.43. The van der Waals surface area contributed by atoms with E-state index in [0.717, 1.165) is 12.8 Å². The average molecular weight is 309 g/mol. The van der Waals surface area contributed by atoms with Gasteiger partial charge in [-0.15, -0.1) is 0 Å². The fourth-order valence-corrected chi connectivity index (χ4v) is 2.48. The molecule has 0 bridgehead atoms. The highest BCUT2D eigenvalue weighted by atomic mass is 19.1. The summed E-state index contributed by atoms with van der Waals surface area (Å²) >= 11 is 0. The lowest BCUT2D eigenvalue weighted by molar-refractivity contribution is -0.142. The Bertz CT molecular complexity index is 529. The molecular weight excluding hydrogens is 289 g/mol. The van der Waals surface area contributed by atoms with Crippen molar-refractivity contribution < 1.29 is 23.8 Å². The van der Waals surface area contributed by atoms with E-state index in [-0.39, 0.29) is 18.9 Å². The van der Waals surface area contributed by atoms with E-state index in [0.29, 0.717) is 18.6 Å². The molecule has 1 aromatic rings. The second-order valence-corrected chi connectivity index (χ2v) is 5.47. The summed E-state index contributed by atoms with van der Waals surface area (Å²) in [6.45, 7) is 0.564. The van der Waals surface area contributed by atoms with E-state index in [1.54, 1.807) is 6.07 Å². The Kier molecular flexibility index (Phi) is 5.89. The molecule has 1 saturated heterocycles. The fourth-order valence-electron chi connectivity index (χ4n) is 2.48. The molecule has 0 saturated carbocycles. The Morgan fingerprint density at radius 2 is 2.23 bits per heavy atom. The minimum Gasteiger partial charge on any atom is -0.481 e. The van der Waals surface area contributed by atoms with Crippen molar-refractivity contribution in [3.8, 4) is 0 Å². The Labute approximate surface area is 128 Å². The monoisotopic (exact) mass is 309 g/mol. The summed E-state index contributed by atoms with van der Waals surface area (Å²) in [6.07, 6.45) is 2.22. The van der Waals surface area contributed by atoms with Crippen LogP contribution in [0.1, 0.15) is 24.8 Å². The molecule has 22 heavy (non-hydrogen) atoms. The van der Waals surface area contributed by atoms with Crippen LogP contribution in [0.3, 0.4) is 0 Å². The zero-order valence-electron chi connectivity index (χ0n) is 12.3. The minimum absolute atomic E-state index is 0.00450. The Morgan fingerprint density at radius 1 is 1.41 bits per heavy atom. The predicted molar refractivity (Wildman–Crippen MR) is 77.8 cm³/mol. The molecule has 1 aromatic carbocycles. The van der Waals surface area contributed by atoms with Crippen molar-refractivity contribution in [3.05, 3.63) is 35.6 Å². The average Bonchev–Trinajstić information content (AvgIpc) is 2.51. The molecule has 0 aliphatic carbocycles. The number of rotatable bonds is 6. The number of ether oxygens (including phenoxy) is 1. The number of hydrogen-bond acceptors (Lipinski definition) is 3. The lowest BCUT2D eigenvalue weighted by Gasteiger charge is -2.22. The topological polar surface area (TPSA) is 75.6 Å². The first-order valence-corrected chi connectivity index (χ1v) is 7.43. The van der Waals surface area contributed by atoms with Gasteiger partial charge in [0.2, 0.25) is 5.91 Å².